The van der Waals surface area contributed by atoms with Crippen molar-refractivity contribution in [2.45, 2.75) is 6.92 Å². The number of nitrogens with zero attached hydrogens (tertiary/aromatic N) is 2. The molecular formula is C10H9BrClN3. The number of nitrogens with two attached hydrogens (primary N) is 1. The summed E-state index contributed by atoms with van der Waals surface area (Å²) in [6, 6.07) is 5.63. The minimum absolute atomic E-state index is 0.536. The zero-order valence-corrected chi connectivity index (χ0v) is 10.4. The van der Waals surface area contributed by atoms with Crippen molar-refractivity contribution in [1.29, 1.82) is 0 Å². The van der Waals surface area contributed by atoms with Gasteiger partial charge in [0.1, 0.15) is 5.82 Å². The van der Waals surface area contributed by atoms with Gasteiger partial charge in [-0.05, 0) is 41.1 Å². The summed E-state index contributed by atoms with van der Waals surface area (Å²) in [5, 5.41) is 4.82. The van der Waals surface area contributed by atoms with Crippen molar-refractivity contribution in [2.75, 3.05) is 5.73 Å². The van der Waals surface area contributed by atoms with Crippen LogP contribution in [0, 0.1) is 6.92 Å². The Bertz CT molecular complexity index is 488. The van der Waals surface area contributed by atoms with Crippen LogP contribution in [0.5, 0.6) is 0 Å². The highest BCUT2D eigenvalue weighted by atomic mass is 79.9. The lowest BCUT2D eigenvalue weighted by Gasteiger charge is -2.02. The number of aryl methyl sites for hydroxylation is 1. The van der Waals surface area contributed by atoms with Crippen LogP contribution in [-0.4, -0.2) is 9.78 Å². The highest BCUT2D eigenvalue weighted by Gasteiger charge is 2.04. The Labute approximate surface area is 101 Å². The summed E-state index contributed by atoms with van der Waals surface area (Å²) >= 11 is 9.33. The lowest BCUT2D eigenvalue weighted by molar-refractivity contribution is 0.885. The standard InChI is InChI=1S/C10H9BrClN3/c1-6-5-15(14-10(6)13)7-2-3-8(11)9(12)4-7/h2-5H,1H3,(H2,13,14). The van der Waals surface area contributed by atoms with Crippen LogP contribution in [-0.2, 0) is 0 Å². The van der Waals surface area contributed by atoms with Gasteiger partial charge in [-0.15, -0.1) is 0 Å². The minimum atomic E-state index is 0.536. The van der Waals surface area contributed by atoms with Gasteiger partial charge >= 0.3 is 0 Å². The van der Waals surface area contributed by atoms with E-state index in [0.717, 1.165) is 15.7 Å². The number of aromatic nitrogens is 2. The first-order valence-electron chi connectivity index (χ1n) is 4.35. The van der Waals surface area contributed by atoms with Gasteiger partial charge in [0.05, 0.1) is 10.7 Å². The van der Waals surface area contributed by atoms with E-state index in [0.29, 0.717) is 10.8 Å². The lowest BCUT2D eigenvalue weighted by atomic mass is 10.3. The Hall–Kier alpha value is -1.00. The summed E-state index contributed by atoms with van der Waals surface area (Å²) in [7, 11) is 0. The van der Waals surface area contributed by atoms with Crippen LogP contribution in [0.1, 0.15) is 5.56 Å². The van der Waals surface area contributed by atoms with Gasteiger partial charge in [0.25, 0.3) is 0 Å². The molecule has 0 atom stereocenters. The molecule has 78 valence electrons. The van der Waals surface area contributed by atoms with Crippen LogP contribution >= 0.6 is 27.5 Å². The minimum Gasteiger partial charge on any atom is -0.382 e. The Morgan fingerprint density at radius 3 is 2.73 bits per heavy atom. The van der Waals surface area contributed by atoms with E-state index in [1.165, 1.54) is 0 Å². The van der Waals surface area contributed by atoms with Gasteiger partial charge in [-0.1, -0.05) is 11.6 Å². The zero-order chi connectivity index (χ0) is 11.0. The molecule has 1 aromatic heterocycles. The molecule has 3 nitrogen and oxygen atoms in total. The van der Waals surface area contributed by atoms with Crippen LogP contribution < -0.4 is 5.73 Å². The number of hydrogen-bond donors (Lipinski definition) is 1. The summed E-state index contributed by atoms with van der Waals surface area (Å²) in [6.45, 7) is 1.92. The predicted octanol–water partition coefficient (Wildman–Crippen LogP) is 3.18. The molecule has 0 aliphatic heterocycles. The second-order valence-corrected chi connectivity index (χ2v) is 4.50. The largest absolute Gasteiger partial charge is 0.382 e. The summed E-state index contributed by atoms with van der Waals surface area (Å²) in [5.74, 6) is 0.536. The maximum atomic E-state index is 5.99. The van der Waals surface area contributed by atoms with E-state index in [2.05, 4.69) is 21.0 Å². The van der Waals surface area contributed by atoms with Crippen LogP contribution in [0.15, 0.2) is 28.9 Å². The van der Waals surface area contributed by atoms with Crippen LogP contribution in [0.2, 0.25) is 5.02 Å². The monoisotopic (exact) mass is 285 g/mol. The number of hydrogen-bond acceptors (Lipinski definition) is 2. The first-order valence-corrected chi connectivity index (χ1v) is 5.52. The van der Waals surface area contributed by atoms with Crippen LogP contribution in [0.25, 0.3) is 5.69 Å². The van der Waals surface area contributed by atoms with Crippen molar-refractivity contribution in [3.63, 3.8) is 0 Å². The molecule has 15 heavy (non-hydrogen) atoms. The fraction of sp³-hybridized carbons (Fsp3) is 0.100. The summed E-state index contributed by atoms with van der Waals surface area (Å²) < 4.78 is 2.58. The van der Waals surface area contributed by atoms with Gasteiger partial charge < -0.3 is 5.73 Å². The third-order valence-electron chi connectivity index (χ3n) is 2.10. The van der Waals surface area contributed by atoms with Gasteiger partial charge in [0.15, 0.2) is 0 Å². The molecule has 2 aromatic rings. The Morgan fingerprint density at radius 2 is 2.20 bits per heavy atom. The first-order chi connectivity index (χ1) is 7.08. The Kier molecular flexibility index (Phi) is 2.71. The summed E-state index contributed by atoms with van der Waals surface area (Å²) in [4.78, 5) is 0. The van der Waals surface area contributed by atoms with Crippen molar-refractivity contribution in [3.8, 4) is 5.69 Å². The topological polar surface area (TPSA) is 43.8 Å². The molecule has 2 N–H and O–H groups in total. The Morgan fingerprint density at radius 1 is 1.47 bits per heavy atom. The fourth-order valence-electron chi connectivity index (χ4n) is 1.23. The van der Waals surface area contributed by atoms with Crippen LogP contribution in [0.4, 0.5) is 5.82 Å². The van der Waals surface area contributed by atoms with E-state index in [9.17, 15) is 0 Å². The van der Waals surface area contributed by atoms with E-state index in [-0.39, 0.29) is 0 Å². The summed E-state index contributed by atoms with van der Waals surface area (Å²) in [5.41, 5.74) is 7.52. The van der Waals surface area contributed by atoms with Gasteiger partial charge in [-0.25, -0.2) is 4.68 Å². The molecule has 5 heteroatoms. The normalized spacial score (nSPS) is 10.6. The molecule has 0 aliphatic carbocycles. The molecule has 0 bridgehead atoms. The molecule has 0 spiro atoms. The molecule has 0 aliphatic rings. The molecular weight excluding hydrogens is 277 g/mol. The maximum absolute atomic E-state index is 5.99. The van der Waals surface area contributed by atoms with Crippen molar-refractivity contribution < 1.29 is 0 Å². The van der Waals surface area contributed by atoms with Gasteiger partial charge in [-0.2, -0.15) is 5.10 Å². The van der Waals surface area contributed by atoms with E-state index < -0.39 is 0 Å². The smallest absolute Gasteiger partial charge is 0.148 e. The van der Waals surface area contributed by atoms with E-state index in [4.69, 9.17) is 17.3 Å². The fourth-order valence-corrected chi connectivity index (χ4v) is 1.65. The molecule has 0 saturated carbocycles. The highest BCUT2D eigenvalue weighted by molar-refractivity contribution is 9.10. The number of rotatable bonds is 1. The molecule has 0 unspecified atom stereocenters. The molecule has 0 saturated heterocycles. The lowest BCUT2D eigenvalue weighted by Crippen LogP contribution is -1.96. The molecule has 0 amide bonds. The molecule has 2 rings (SSSR count). The number of halogens is 2. The third kappa shape index (κ3) is 2.01. The van der Waals surface area contributed by atoms with Crippen molar-refractivity contribution in [1.82, 2.24) is 9.78 Å². The number of benzene rings is 1. The van der Waals surface area contributed by atoms with Crippen molar-refractivity contribution in [2.24, 2.45) is 0 Å². The average Bonchev–Trinajstić information content (AvgIpc) is 2.52. The molecule has 0 fully saturated rings. The van der Waals surface area contributed by atoms with Gasteiger partial charge in [-0.3, -0.25) is 0 Å². The highest BCUT2D eigenvalue weighted by Crippen LogP contribution is 2.25. The number of anilines is 1. The number of nitrogen functional groups attached to an aromatic ring is 1. The van der Waals surface area contributed by atoms with Crippen molar-refractivity contribution >= 4 is 33.3 Å². The summed E-state index contributed by atoms with van der Waals surface area (Å²) in [6.07, 6.45) is 1.87. The zero-order valence-electron chi connectivity index (χ0n) is 8.04. The molecule has 1 aromatic carbocycles. The van der Waals surface area contributed by atoms with E-state index in [1.54, 1.807) is 4.68 Å². The quantitative estimate of drug-likeness (QED) is 0.875. The van der Waals surface area contributed by atoms with E-state index in [1.807, 2.05) is 31.3 Å². The third-order valence-corrected chi connectivity index (χ3v) is 3.34. The second-order valence-electron chi connectivity index (χ2n) is 3.24. The van der Waals surface area contributed by atoms with Crippen LogP contribution in [0.3, 0.4) is 0 Å². The second kappa shape index (κ2) is 3.87. The predicted molar refractivity (Wildman–Crippen MR) is 65.4 cm³/mol. The SMILES string of the molecule is Cc1cn(-c2ccc(Br)c(Cl)c2)nc1N. The first kappa shape index (κ1) is 10.5. The maximum Gasteiger partial charge on any atom is 0.148 e. The van der Waals surface area contributed by atoms with Crippen molar-refractivity contribution in [3.05, 3.63) is 39.5 Å². The average molecular weight is 287 g/mol. The molecule has 1 heterocycles. The van der Waals surface area contributed by atoms with Gasteiger partial charge in [0, 0.05) is 16.2 Å². The molecule has 0 radical (unpaired) electrons. The van der Waals surface area contributed by atoms with E-state index >= 15 is 0 Å². The van der Waals surface area contributed by atoms with Gasteiger partial charge in [0.2, 0.25) is 0 Å². The Balaban J connectivity index is 2.49.